The molecular weight excluding hydrogens is 457 g/mol. The minimum atomic E-state index is -0.784. The van der Waals surface area contributed by atoms with Crippen LogP contribution in [0.3, 0.4) is 0 Å². The second-order valence-corrected chi connectivity index (χ2v) is 8.35. The first kappa shape index (κ1) is 22.0. The Labute approximate surface area is 192 Å². The number of nitrogens with zero attached hydrogens (tertiary/aromatic N) is 1. The maximum atomic E-state index is 14.7. The number of thiophene rings is 1. The maximum absolute atomic E-state index is 14.7. The van der Waals surface area contributed by atoms with Gasteiger partial charge in [-0.1, -0.05) is 29.8 Å². The van der Waals surface area contributed by atoms with Crippen molar-refractivity contribution < 1.29 is 28.2 Å². The third-order valence-electron chi connectivity index (χ3n) is 5.06. The Morgan fingerprint density at radius 2 is 1.97 bits per heavy atom. The van der Waals surface area contributed by atoms with Crippen LogP contribution in [0.2, 0.25) is 5.02 Å². The average Bonchev–Trinajstić information content (AvgIpc) is 3.19. The van der Waals surface area contributed by atoms with Crippen LogP contribution < -0.4 is 9.64 Å². The van der Waals surface area contributed by atoms with E-state index in [2.05, 4.69) is 0 Å². The van der Waals surface area contributed by atoms with Gasteiger partial charge in [-0.05, 0) is 36.1 Å². The van der Waals surface area contributed by atoms with Crippen LogP contribution in [0.4, 0.5) is 10.1 Å². The molecule has 32 heavy (non-hydrogen) atoms. The van der Waals surface area contributed by atoms with Crippen LogP contribution in [0.1, 0.15) is 44.2 Å². The summed E-state index contributed by atoms with van der Waals surface area (Å²) in [4.78, 5) is 38.8. The molecule has 1 aliphatic rings. The molecule has 1 aliphatic heterocycles. The summed E-state index contributed by atoms with van der Waals surface area (Å²) in [5.74, 6) is -2.61. The summed E-state index contributed by atoms with van der Waals surface area (Å²) in [6, 6.07) is 11.0. The van der Waals surface area contributed by atoms with Crippen LogP contribution in [0.15, 0.2) is 47.8 Å². The number of fused-ring (bicyclic) bond motifs is 1. The Morgan fingerprint density at radius 1 is 1.22 bits per heavy atom. The summed E-state index contributed by atoms with van der Waals surface area (Å²) < 4.78 is 25.4. The quantitative estimate of drug-likeness (QED) is 0.376. The molecule has 3 aromatic rings. The predicted octanol–water partition coefficient (Wildman–Crippen LogP) is 5.20. The molecule has 2 heterocycles. The lowest BCUT2D eigenvalue weighted by atomic mass is 10.0. The highest BCUT2D eigenvalue weighted by Crippen LogP contribution is 2.35. The number of methoxy groups -OCH3 is 1. The van der Waals surface area contributed by atoms with Gasteiger partial charge in [-0.2, -0.15) is 0 Å². The maximum Gasteiger partial charge on any atom is 0.348 e. The molecule has 0 radical (unpaired) electrons. The van der Waals surface area contributed by atoms with E-state index in [9.17, 15) is 18.8 Å². The smallest absolute Gasteiger partial charge is 0.348 e. The molecule has 2 aromatic carbocycles. The lowest BCUT2D eigenvalue weighted by Crippen LogP contribution is -2.43. The normalized spacial score (nSPS) is 14.2. The molecule has 1 atom stereocenters. The van der Waals surface area contributed by atoms with E-state index in [1.54, 1.807) is 24.4 Å². The third-order valence-corrected chi connectivity index (χ3v) is 6.41. The molecule has 0 N–H and O–H groups in total. The van der Waals surface area contributed by atoms with E-state index in [0.29, 0.717) is 10.6 Å². The Hall–Kier alpha value is -3.23. The molecule has 4 rings (SSSR count). The van der Waals surface area contributed by atoms with Gasteiger partial charge in [0.05, 0.1) is 24.8 Å². The Bertz CT molecular complexity index is 1240. The lowest BCUT2D eigenvalue weighted by molar-refractivity contribution is -0.117. The van der Waals surface area contributed by atoms with Gasteiger partial charge in [-0.25, -0.2) is 14.1 Å². The number of halogens is 2. The van der Waals surface area contributed by atoms with Gasteiger partial charge in [-0.3, -0.25) is 9.59 Å². The standard InChI is InChI=1S/C23H17ClFNO5S/c1-12(15-5-3-4-6-16(15)24)31-14-7-8-17(25)18(10-14)26-19(27)9-13-11-32-21(23(29)30-2)20(13)22(26)28/h3-8,10-12H,9H2,1-2H3. The van der Waals surface area contributed by atoms with Gasteiger partial charge in [0.25, 0.3) is 5.91 Å². The summed E-state index contributed by atoms with van der Waals surface area (Å²) in [5.41, 5.74) is 0.950. The van der Waals surface area contributed by atoms with Crippen LogP contribution in [0.5, 0.6) is 5.75 Å². The summed E-state index contributed by atoms with van der Waals surface area (Å²) in [6.07, 6.45) is -0.612. The monoisotopic (exact) mass is 473 g/mol. The first-order valence-corrected chi connectivity index (χ1v) is 10.8. The molecule has 164 valence electrons. The van der Waals surface area contributed by atoms with Crippen molar-refractivity contribution in [2.24, 2.45) is 0 Å². The molecule has 2 amide bonds. The number of imide groups is 1. The molecule has 6 nitrogen and oxygen atoms in total. The zero-order valence-corrected chi connectivity index (χ0v) is 18.6. The number of carbonyl (C=O) groups is 3. The second kappa shape index (κ2) is 8.72. The fraction of sp³-hybridized carbons (Fsp3) is 0.174. The van der Waals surface area contributed by atoms with Crippen molar-refractivity contribution in [1.82, 2.24) is 0 Å². The van der Waals surface area contributed by atoms with Gasteiger partial charge < -0.3 is 9.47 Å². The summed E-state index contributed by atoms with van der Waals surface area (Å²) in [6.45, 7) is 1.78. The lowest BCUT2D eigenvalue weighted by Gasteiger charge is -2.26. The third kappa shape index (κ3) is 3.87. The van der Waals surface area contributed by atoms with Gasteiger partial charge in [0.2, 0.25) is 5.91 Å². The first-order chi connectivity index (χ1) is 15.3. The van der Waals surface area contributed by atoms with Crippen molar-refractivity contribution in [3.05, 3.63) is 80.3 Å². The minimum absolute atomic E-state index is 0.0524. The topological polar surface area (TPSA) is 72.9 Å². The summed E-state index contributed by atoms with van der Waals surface area (Å²) in [5, 5.41) is 2.08. The number of hydrogen-bond acceptors (Lipinski definition) is 6. The van der Waals surface area contributed by atoms with Crippen molar-refractivity contribution in [3.63, 3.8) is 0 Å². The van der Waals surface area contributed by atoms with Crippen LogP contribution in [0, 0.1) is 5.82 Å². The van der Waals surface area contributed by atoms with E-state index < -0.39 is 29.7 Å². The van der Waals surface area contributed by atoms with E-state index in [1.165, 1.54) is 19.2 Å². The fourth-order valence-corrected chi connectivity index (χ4v) is 4.79. The number of esters is 1. The molecule has 1 aromatic heterocycles. The summed E-state index contributed by atoms with van der Waals surface area (Å²) in [7, 11) is 1.20. The van der Waals surface area contributed by atoms with E-state index in [1.807, 2.05) is 12.1 Å². The van der Waals surface area contributed by atoms with Gasteiger partial charge in [0, 0.05) is 16.7 Å². The number of hydrogen-bond donors (Lipinski definition) is 0. The Kier molecular flexibility index (Phi) is 5.99. The van der Waals surface area contributed by atoms with Gasteiger partial charge in [0.1, 0.15) is 22.5 Å². The molecule has 1 unspecified atom stereocenters. The minimum Gasteiger partial charge on any atom is -0.486 e. The fourth-order valence-electron chi connectivity index (χ4n) is 3.52. The number of amides is 2. The van der Waals surface area contributed by atoms with Crippen molar-refractivity contribution in [1.29, 1.82) is 0 Å². The molecule has 0 saturated heterocycles. The zero-order valence-electron chi connectivity index (χ0n) is 17.1. The van der Waals surface area contributed by atoms with Gasteiger partial charge in [0.15, 0.2) is 0 Å². The summed E-state index contributed by atoms with van der Waals surface area (Å²) >= 11 is 7.23. The number of anilines is 1. The van der Waals surface area contributed by atoms with Crippen LogP contribution in [-0.4, -0.2) is 24.9 Å². The van der Waals surface area contributed by atoms with Gasteiger partial charge in [-0.15, -0.1) is 11.3 Å². The largest absolute Gasteiger partial charge is 0.486 e. The number of rotatable bonds is 5. The highest BCUT2D eigenvalue weighted by Gasteiger charge is 2.38. The molecule has 0 aliphatic carbocycles. The number of carbonyl (C=O) groups excluding carboxylic acids is 3. The van der Waals surface area contributed by atoms with Crippen LogP contribution in [0.25, 0.3) is 0 Å². The highest BCUT2D eigenvalue weighted by molar-refractivity contribution is 7.12. The van der Waals surface area contributed by atoms with Crippen molar-refractivity contribution >= 4 is 46.4 Å². The van der Waals surface area contributed by atoms with Crippen LogP contribution in [-0.2, 0) is 16.0 Å². The van der Waals surface area contributed by atoms with E-state index in [4.69, 9.17) is 21.1 Å². The van der Waals surface area contributed by atoms with Crippen molar-refractivity contribution in [3.8, 4) is 5.75 Å². The average molecular weight is 474 g/mol. The predicted molar refractivity (Wildman–Crippen MR) is 118 cm³/mol. The molecule has 0 bridgehead atoms. The Balaban J connectivity index is 1.69. The molecule has 9 heteroatoms. The molecule has 0 saturated carbocycles. The van der Waals surface area contributed by atoms with E-state index >= 15 is 0 Å². The van der Waals surface area contributed by atoms with Crippen molar-refractivity contribution in [2.45, 2.75) is 19.4 Å². The number of ether oxygens (including phenoxy) is 2. The number of benzene rings is 2. The SMILES string of the molecule is COC(=O)c1scc2c1C(=O)N(c1cc(OC(C)c3ccccc3Cl)ccc1F)C(=O)C2. The zero-order chi connectivity index (χ0) is 23.0. The van der Waals surface area contributed by atoms with Crippen molar-refractivity contribution in [2.75, 3.05) is 12.0 Å². The highest BCUT2D eigenvalue weighted by atomic mass is 35.5. The molecular formula is C23H17ClFNO5S. The van der Waals surface area contributed by atoms with E-state index in [0.717, 1.165) is 27.9 Å². The second-order valence-electron chi connectivity index (χ2n) is 7.06. The molecule has 0 spiro atoms. The Morgan fingerprint density at radius 3 is 2.69 bits per heavy atom. The van der Waals surface area contributed by atoms with Crippen LogP contribution >= 0.6 is 22.9 Å². The van der Waals surface area contributed by atoms with E-state index in [-0.39, 0.29) is 28.3 Å². The first-order valence-electron chi connectivity index (χ1n) is 9.58. The van der Waals surface area contributed by atoms with Gasteiger partial charge >= 0.3 is 5.97 Å². The molecule has 0 fully saturated rings.